The zero-order valence-corrected chi connectivity index (χ0v) is 15.1. The first-order valence-corrected chi connectivity index (χ1v) is 9.34. The normalized spacial score (nSPS) is 21.6. The number of amides is 1. The Morgan fingerprint density at radius 3 is 2.28 bits per heavy atom. The maximum absolute atomic E-state index is 13.1. The van der Waals surface area contributed by atoms with Crippen LogP contribution >= 0.6 is 0 Å². The number of carbonyl (C=O) groups is 3. The van der Waals surface area contributed by atoms with Crippen molar-refractivity contribution in [3.63, 3.8) is 0 Å². The van der Waals surface area contributed by atoms with Crippen molar-refractivity contribution in [3.05, 3.63) is 12.7 Å². The Morgan fingerprint density at radius 2 is 1.68 bits per heavy atom. The number of nitrogens with one attached hydrogen (secondary N) is 1. The molecule has 2 aliphatic carbocycles. The Hall–Kier alpha value is -1.85. The molecule has 2 saturated carbocycles. The van der Waals surface area contributed by atoms with Crippen LogP contribution in [-0.4, -0.2) is 29.7 Å². The molecule has 6 heteroatoms. The lowest BCUT2D eigenvalue weighted by Gasteiger charge is -2.38. The van der Waals surface area contributed by atoms with Crippen molar-refractivity contribution in [1.29, 1.82) is 0 Å². The van der Waals surface area contributed by atoms with Gasteiger partial charge in [-0.15, -0.1) is 0 Å². The van der Waals surface area contributed by atoms with E-state index in [-0.39, 0.29) is 11.7 Å². The average molecular weight is 351 g/mol. The van der Waals surface area contributed by atoms with Gasteiger partial charge in [-0.1, -0.05) is 32.3 Å². The van der Waals surface area contributed by atoms with Crippen molar-refractivity contribution >= 4 is 17.8 Å². The van der Waals surface area contributed by atoms with E-state index < -0.39 is 23.9 Å². The molecule has 2 fully saturated rings. The lowest BCUT2D eigenvalue weighted by atomic mass is 9.73. The molecule has 0 aromatic carbocycles. The van der Waals surface area contributed by atoms with Crippen LogP contribution in [0.4, 0.5) is 4.79 Å². The molecule has 1 unspecified atom stereocenters. The minimum absolute atomic E-state index is 0.00401. The second-order valence-electron chi connectivity index (χ2n) is 7.07. The third-order valence-corrected chi connectivity index (χ3v) is 5.16. The number of hydrogen-bond donors (Lipinski definition) is 1. The molecular formula is C19H29NO5. The van der Waals surface area contributed by atoms with Crippen molar-refractivity contribution in [2.24, 2.45) is 5.92 Å². The Labute approximate surface area is 149 Å². The summed E-state index contributed by atoms with van der Waals surface area (Å²) < 4.78 is 10.6. The van der Waals surface area contributed by atoms with E-state index in [0.29, 0.717) is 12.8 Å². The molecule has 0 heterocycles. The highest BCUT2D eigenvalue weighted by atomic mass is 16.6. The fourth-order valence-corrected chi connectivity index (χ4v) is 3.88. The number of ether oxygens (including phenoxy) is 2. The highest BCUT2D eigenvalue weighted by molar-refractivity contribution is 5.91. The SMILES string of the molecule is C=CC(=O)OC(C)NC(=O)OC1(C(=O)C2CCCCC2)CCCCC1. The predicted octanol–water partition coefficient (Wildman–Crippen LogP) is 3.64. The van der Waals surface area contributed by atoms with E-state index >= 15 is 0 Å². The van der Waals surface area contributed by atoms with Gasteiger partial charge in [-0.2, -0.15) is 0 Å². The van der Waals surface area contributed by atoms with Crippen LogP contribution in [0.25, 0.3) is 0 Å². The summed E-state index contributed by atoms with van der Waals surface area (Å²) in [7, 11) is 0. The number of hydrogen-bond acceptors (Lipinski definition) is 5. The number of alkyl carbamates (subject to hydrolysis) is 1. The quantitative estimate of drug-likeness (QED) is 0.449. The van der Waals surface area contributed by atoms with Gasteiger partial charge in [0.15, 0.2) is 17.6 Å². The molecule has 1 N–H and O–H groups in total. The third kappa shape index (κ3) is 5.31. The zero-order chi connectivity index (χ0) is 18.3. The molecule has 0 spiro atoms. The smallest absolute Gasteiger partial charge is 0.410 e. The molecule has 0 aromatic heterocycles. The van der Waals surface area contributed by atoms with Crippen LogP contribution in [0.15, 0.2) is 12.7 Å². The number of rotatable bonds is 6. The fraction of sp³-hybridized carbons (Fsp3) is 0.737. The van der Waals surface area contributed by atoms with E-state index in [1.165, 1.54) is 13.3 Å². The van der Waals surface area contributed by atoms with Crippen molar-refractivity contribution in [1.82, 2.24) is 5.32 Å². The predicted molar refractivity (Wildman–Crippen MR) is 92.8 cm³/mol. The van der Waals surface area contributed by atoms with E-state index in [4.69, 9.17) is 9.47 Å². The summed E-state index contributed by atoms with van der Waals surface area (Å²) in [5.41, 5.74) is -1.02. The first-order valence-electron chi connectivity index (χ1n) is 9.34. The Morgan fingerprint density at radius 1 is 1.08 bits per heavy atom. The minimum Gasteiger partial charge on any atom is -0.439 e. The van der Waals surface area contributed by atoms with Gasteiger partial charge in [0.25, 0.3) is 0 Å². The molecule has 1 atom stereocenters. The Balaban J connectivity index is 2.01. The van der Waals surface area contributed by atoms with Crippen LogP contribution in [0.5, 0.6) is 0 Å². The lowest BCUT2D eigenvalue weighted by Crippen LogP contribution is -2.51. The average Bonchev–Trinajstić information content (AvgIpc) is 2.62. The lowest BCUT2D eigenvalue weighted by molar-refractivity contribution is -0.149. The molecule has 25 heavy (non-hydrogen) atoms. The van der Waals surface area contributed by atoms with Gasteiger partial charge in [-0.05, 0) is 45.4 Å². The molecule has 6 nitrogen and oxygen atoms in total. The summed E-state index contributed by atoms with van der Waals surface area (Å²) in [6.45, 7) is 4.84. The highest BCUT2D eigenvalue weighted by Gasteiger charge is 2.46. The first kappa shape index (κ1) is 19.5. The summed E-state index contributed by atoms with van der Waals surface area (Å²) in [5, 5.41) is 2.47. The van der Waals surface area contributed by atoms with Gasteiger partial charge in [0, 0.05) is 12.0 Å². The second-order valence-corrected chi connectivity index (χ2v) is 7.07. The topological polar surface area (TPSA) is 81.7 Å². The second kappa shape index (κ2) is 9.02. The molecule has 140 valence electrons. The van der Waals surface area contributed by atoms with Gasteiger partial charge in [0.05, 0.1) is 0 Å². The standard InChI is InChI=1S/C19H29NO5/c1-3-16(21)24-14(2)20-18(23)25-19(12-8-5-9-13-19)17(22)15-10-6-4-7-11-15/h3,14-15H,1,4-13H2,2H3,(H,20,23). The number of esters is 1. The molecule has 1 amide bonds. The van der Waals surface area contributed by atoms with E-state index in [0.717, 1.165) is 51.0 Å². The molecular weight excluding hydrogens is 322 g/mol. The minimum atomic E-state index is -1.02. The maximum Gasteiger partial charge on any atom is 0.410 e. The summed E-state index contributed by atoms with van der Waals surface area (Å²) in [6.07, 6.45) is 8.52. The van der Waals surface area contributed by atoms with Crippen LogP contribution in [0.3, 0.4) is 0 Å². The highest BCUT2D eigenvalue weighted by Crippen LogP contribution is 2.38. The van der Waals surface area contributed by atoms with Crippen LogP contribution in [0.2, 0.25) is 0 Å². The van der Waals surface area contributed by atoms with Gasteiger partial charge in [0.1, 0.15) is 0 Å². The Bertz CT molecular complexity index is 504. The largest absolute Gasteiger partial charge is 0.439 e. The van der Waals surface area contributed by atoms with Crippen LogP contribution < -0.4 is 5.32 Å². The van der Waals surface area contributed by atoms with Gasteiger partial charge in [-0.25, -0.2) is 9.59 Å². The monoisotopic (exact) mass is 351 g/mol. The van der Waals surface area contributed by atoms with E-state index in [1.54, 1.807) is 0 Å². The number of Topliss-reactive ketones (excluding diaryl/α,β-unsaturated/α-hetero) is 1. The molecule has 0 aliphatic heterocycles. The van der Waals surface area contributed by atoms with Gasteiger partial charge in [-0.3, -0.25) is 10.1 Å². The zero-order valence-electron chi connectivity index (χ0n) is 15.1. The van der Waals surface area contributed by atoms with E-state index in [1.807, 2.05) is 0 Å². The van der Waals surface area contributed by atoms with Crippen LogP contribution in [0.1, 0.15) is 71.1 Å². The van der Waals surface area contributed by atoms with Crippen LogP contribution in [0, 0.1) is 5.92 Å². The van der Waals surface area contributed by atoms with Gasteiger partial charge >= 0.3 is 12.1 Å². The van der Waals surface area contributed by atoms with Gasteiger partial charge in [0.2, 0.25) is 0 Å². The number of carbonyl (C=O) groups excluding carboxylic acids is 3. The summed E-state index contributed by atoms with van der Waals surface area (Å²) in [6, 6.07) is 0. The summed E-state index contributed by atoms with van der Waals surface area (Å²) in [4.78, 5) is 36.6. The van der Waals surface area contributed by atoms with Gasteiger partial charge < -0.3 is 9.47 Å². The summed E-state index contributed by atoms with van der Waals surface area (Å²) >= 11 is 0. The van der Waals surface area contributed by atoms with E-state index in [9.17, 15) is 14.4 Å². The third-order valence-electron chi connectivity index (χ3n) is 5.16. The molecule has 0 saturated heterocycles. The molecule has 0 bridgehead atoms. The van der Waals surface area contributed by atoms with Crippen LogP contribution in [-0.2, 0) is 19.1 Å². The molecule has 0 aromatic rings. The molecule has 2 rings (SSSR count). The summed E-state index contributed by atoms with van der Waals surface area (Å²) in [5.74, 6) is -0.549. The maximum atomic E-state index is 13.1. The van der Waals surface area contributed by atoms with Crippen molar-refractivity contribution in [2.75, 3.05) is 0 Å². The van der Waals surface area contributed by atoms with Crippen molar-refractivity contribution < 1.29 is 23.9 Å². The van der Waals surface area contributed by atoms with Crippen molar-refractivity contribution in [3.8, 4) is 0 Å². The Kier molecular flexibility index (Phi) is 7.02. The van der Waals surface area contributed by atoms with Crippen molar-refractivity contribution in [2.45, 2.75) is 83.0 Å². The number of ketones is 1. The fourth-order valence-electron chi connectivity index (χ4n) is 3.88. The van der Waals surface area contributed by atoms with E-state index in [2.05, 4.69) is 11.9 Å². The first-order chi connectivity index (χ1) is 12.0. The molecule has 0 radical (unpaired) electrons. The molecule has 2 aliphatic rings.